The first-order valence-electron chi connectivity index (χ1n) is 8.90. The molecule has 2 saturated heterocycles. The summed E-state index contributed by atoms with van der Waals surface area (Å²) in [6, 6.07) is 0. The van der Waals surface area contributed by atoms with Crippen LogP contribution in [0.25, 0.3) is 0 Å². The van der Waals surface area contributed by atoms with E-state index in [4.69, 9.17) is 14.2 Å². The van der Waals surface area contributed by atoms with Crippen LogP contribution in [0.15, 0.2) is 0 Å². The molecule has 0 amide bonds. The van der Waals surface area contributed by atoms with Gasteiger partial charge in [-0.05, 0) is 25.2 Å². The molecule has 2 rings (SSSR count). The zero-order valence-electron chi connectivity index (χ0n) is 14.8. The van der Waals surface area contributed by atoms with Crippen LogP contribution in [0.2, 0.25) is 0 Å². The van der Waals surface area contributed by atoms with Gasteiger partial charge in [-0.25, -0.2) is 0 Å². The van der Waals surface area contributed by atoms with Gasteiger partial charge in [-0.1, -0.05) is 47.0 Å². The Bertz CT molecular complexity index is 397. The zero-order chi connectivity index (χ0) is 16.4. The van der Waals surface area contributed by atoms with Crippen molar-refractivity contribution < 1.29 is 19.0 Å². The molecule has 0 radical (unpaired) electrons. The number of carbonyl (C=O) groups excluding carboxylic acids is 1. The molecule has 2 fully saturated rings. The predicted octanol–water partition coefficient (Wildman–Crippen LogP) is 3.86. The fourth-order valence-corrected chi connectivity index (χ4v) is 3.97. The summed E-state index contributed by atoms with van der Waals surface area (Å²) >= 11 is 0. The molecule has 0 aromatic carbocycles. The zero-order valence-corrected chi connectivity index (χ0v) is 14.8. The minimum atomic E-state index is -0.255. The summed E-state index contributed by atoms with van der Waals surface area (Å²) in [5.41, 5.74) is -0.289. The quantitative estimate of drug-likeness (QED) is 0.454. The van der Waals surface area contributed by atoms with Gasteiger partial charge in [-0.15, -0.1) is 0 Å². The Morgan fingerprint density at radius 1 is 1.23 bits per heavy atom. The van der Waals surface area contributed by atoms with Crippen molar-refractivity contribution >= 4 is 5.97 Å². The molecule has 2 aliphatic rings. The van der Waals surface area contributed by atoms with Gasteiger partial charge in [0.25, 0.3) is 0 Å². The SMILES string of the molecule is CCCCC(C)CC1(CC)OC1C1(CC)OC1CC(=O)OC. The molecule has 4 heteroatoms. The predicted molar refractivity (Wildman–Crippen MR) is 85.7 cm³/mol. The summed E-state index contributed by atoms with van der Waals surface area (Å²) in [4.78, 5) is 11.5. The second-order valence-corrected chi connectivity index (χ2v) is 7.06. The van der Waals surface area contributed by atoms with Crippen LogP contribution in [-0.2, 0) is 19.0 Å². The molecule has 0 bridgehead atoms. The van der Waals surface area contributed by atoms with E-state index in [9.17, 15) is 4.79 Å². The highest BCUT2D eigenvalue weighted by Gasteiger charge is 2.74. The van der Waals surface area contributed by atoms with Crippen molar-refractivity contribution in [1.82, 2.24) is 0 Å². The number of hydrogen-bond acceptors (Lipinski definition) is 4. The molecule has 5 atom stereocenters. The lowest BCUT2D eigenvalue weighted by Gasteiger charge is -2.18. The number of unbranched alkanes of at least 4 members (excludes halogenated alkanes) is 1. The van der Waals surface area contributed by atoms with Crippen molar-refractivity contribution in [1.29, 1.82) is 0 Å². The maximum absolute atomic E-state index is 11.5. The van der Waals surface area contributed by atoms with E-state index in [0.717, 1.165) is 19.3 Å². The largest absolute Gasteiger partial charge is 0.469 e. The third-order valence-corrected chi connectivity index (χ3v) is 5.54. The van der Waals surface area contributed by atoms with Gasteiger partial charge < -0.3 is 14.2 Å². The van der Waals surface area contributed by atoms with Crippen LogP contribution in [0, 0.1) is 5.92 Å². The molecule has 0 aromatic rings. The minimum absolute atomic E-state index is 0.0330. The van der Waals surface area contributed by atoms with E-state index >= 15 is 0 Å². The Kier molecular flexibility index (Phi) is 5.54. The summed E-state index contributed by atoms with van der Waals surface area (Å²) < 4.78 is 16.9. The van der Waals surface area contributed by atoms with Gasteiger partial charge in [0.05, 0.1) is 19.1 Å². The highest BCUT2D eigenvalue weighted by atomic mass is 16.7. The fraction of sp³-hybridized carbons (Fsp3) is 0.944. The van der Waals surface area contributed by atoms with Crippen molar-refractivity contribution in [2.75, 3.05) is 7.11 Å². The maximum atomic E-state index is 11.5. The molecular weight excluding hydrogens is 280 g/mol. The Morgan fingerprint density at radius 3 is 2.50 bits per heavy atom. The second kappa shape index (κ2) is 6.88. The third kappa shape index (κ3) is 3.33. The Morgan fingerprint density at radius 2 is 1.95 bits per heavy atom. The van der Waals surface area contributed by atoms with Crippen LogP contribution < -0.4 is 0 Å². The normalized spacial score (nSPS) is 37.7. The number of epoxide rings is 2. The summed E-state index contributed by atoms with van der Waals surface area (Å²) in [5, 5.41) is 0. The van der Waals surface area contributed by atoms with E-state index in [0.29, 0.717) is 12.3 Å². The van der Waals surface area contributed by atoms with Crippen molar-refractivity contribution in [3.63, 3.8) is 0 Å². The molecule has 128 valence electrons. The summed E-state index contributed by atoms with van der Waals surface area (Å²) in [5.74, 6) is 0.482. The van der Waals surface area contributed by atoms with Crippen molar-refractivity contribution in [3.05, 3.63) is 0 Å². The third-order valence-electron chi connectivity index (χ3n) is 5.54. The van der Waals surface area contributed by atoms with Crippen LogP contribution in [0.5, 0.6) is 0 Å². The van der Waals surface area contributed by atoms with E-state index in [1.165, 1.54) is 26.4 Å². The maximum Gasteiger partial charge on any atom is 0.308 e. The van der Waals surface area contributed by atoms with Gasteiger partial charge >= 0.3 is 5.97 Å². The lowest BCUT2D eigenvalue weighted by Crippen LogP contribution is -2.31. The van der Waals surface area contributed by atoms with Gasteiger partial charge in [0.2, 0.25) is 0 Å². The minimum Gasteiger partial charge on any atom is -0.469 e. The lowest BCUT2D eigenvalue weighted by molar-refractivity contribution is -0.140. The molecule has 2 aliphatic heterocycles. The second-order valence-electron chi connectivity index (χ2n) is 7.06. The molecular formula is C18H32O4. The van der Waals surface area contributed by atoms with Crippen LogP contribution in [0.3, 0.4) is 0 Å². The fourth-order valence-electron chi connectivity index (χ4n) is 3.97. The number of methoxy groups -OCH3 is 1. The molecule has 0 aromatic heterocycles. The Labute approximate surface area is 134 Å². The lowest BCUT2D eigenvalue weighted by atomic mass is 9.81. The summed E-state index contributed by atoms with van der Waals surface area (Å²) in [6.45, 7) is 8.89. The topological polar surface area (TPSA) is 51.4 Å². The molecule has 0 saturated carbocycles. The smallest absolute Gasteiger partial charge is 0.308 e. The number of ether oxygens (including phenoxy) is 3. The first kappa shape index (κ1) is 17.7. The van der Waals surface area contributed by atoms with Crippen molar-refractivity contribution in [3.8, 4) is 0 Å². The van der Waals surface area contributed by atoms with Gasteiger partial charge in [0.15, 0.2) is 0 Å². The highest BCUT2D eigenvalue weighted by molar-refractivity contribution is 5.70. The van der Waals surface area contributed by atoms with Crippen molar-refractivity contribution in [2.24, 2.45) is 5.92 Å². The first-order chi connectivity index (χ1) is 10.5. The van der Waals surface area contributed by atoms with Gasteiger partial charge in [0.1, 0.15) is 17.8 Å². The van der Waals surface area contributed by atoms with E-state index < -0.39 is 0 Å². The van der Waals surface area contributed by atoms with Gasteiger partial charge in [-0.2, -0.15) is 0 Å². The highest BCUT2D eigenvalue weighted by Crippen LogP contribution is 2.60. The molecule has 0 aliphatic carbocycles. The monoisotopic (exact) mass is 312 g/mol. The molecule has 0 N–H and O–H groups in total. The number of esters is 1. The average molecular weight is 312 g/mol. The van der Waals surface area contributed by atoms with E-state index in [1.807, 2.05) is 0 Å². The molecule has 2 heterocycles. The molecule has 5 unspecified atom stereocenters. The summed E-state index contributed by atoms with van der Waals surface area (Å²) in [7, 11) is 1.43. The molecule has 4 nitrogen and oxygen atoms in total. The van der Waals surface area contributed by atoms with Gasteiger partial charge in [0, 0.05) is 0 Å². The van der Waals surface area contributed by atoms with Gasteiger partial charge in [-0.3, -0.25) is 4.79 Å². The molecule has 22 heavy (non-hydrogen) atoms. The Hall–Kier alpha value is -0.610. The Balaban J connectivity index is 1.94. The number of carbonyl (C=O) groups is 1. The van der Waals surface area contributed by atoms with E-state index in [2.05, 4.69) is 27.7 Å². The molecule has 0 spiro atoms. The summed E-state index contributed by atoms with van der Waals surface area (Å²) in [6.07, 6.45) is 7.26. The average Bonchev–Trinajstić information content (AvgIpc) is 3.40. The van der Waals surface area contributed by atoms with Crippen LogP contribution in [0.4, 0.5) is 0 Å². The van der Waals surface area contributed by atoms with E-state index in [1.54, 1.807) is 0 Å². The van der Waals surface area contributed by atoms with E-state index in [-0.39, 0.29) is 29.4 Å². The van der Waals surface area contributed by atoms with Crippen molar-refractivity contribution in [2.45, 2.75) is 96.1 Å². The van der Waals surface area contributed by atoms with Crippen LogP contribution in [-0.4, -0.2) is 36.5 Å². The standard InChI is InChI=1S/C18H32O4/c1-6-9-10-13(4)12-17(7-2)16(22-17)18(8-3)14(21-18)11-15(19)20-5/h13-14,16H,6-12H2,1-5H3. The van der Waals surface area contributed by atoms with Crippen LogP contribution in [0.1, 0.15) is 72.6 Å². The number of hydrogen-bond donors (Lipinski definition) is 0. The first-order valence-corrected chi connectivity index (χ1v) is 8.90. The van der Waals surface area contributed by atoms with Crippen LogP contribution >= 0.6 is 0 Å². The number of rotatable bonds is 10.